The molecular formula is C36H46FN3O4Si. The molecule has 1 aromatic heterocycles. The molecular weight excluding hydrogens is 585 g/mol. The number of carbonyl (C=O) groups is 2. The van der Waals surface area contributed by atoms with Crippen molar-refractivity contribution in [2.45, 2.75) is 90.1 Å². The summed E-state index contributed by atoms with van der Waals surface area (Å²) in [7, 11) is -3.05. The van der Waals surface area contributed by atoms with Crippen molar-refractivity contribution in [1.29, 1.82) is 0 Å². The third-order valence-corrected chi connectivity index (χ3v) is 14.1. The van der Waals surface area contributed by atoms with Crippen LogP contribution in [0.5, 0.6) is 0 Å². The van der Waals surface area contributed by atoms with Crippen LogP contribution in [0, 0.1) is 17.7 Å². The maximum absolute atomic E-state index is 14.2. The van der Waals surface area contributed by atoms with Crippen molar-refractivity contribution in [3.05, 3.63) is 90.5 Å². The zero-order valence-electron chi connectivity index (χ0n) is 27.4. The fourth-order valence-electron chi connectivity index (χ4n) is 7.32. The van der Waals surface area contributed by atoms with Gasteiger partial charge >= 0.3 is 6.09 Å². The Labute approximate surface area is 267 Å². The number of hydrogen-bond acceptors (Lipinski definition) is 5. The summed E-state index contributed by atoms with van der Waals surface area (Å²) in [5, 5.41) is 5.14. The van der Waals surface area contributed by atoms with E-state index >= 15 is 0 Å². The van der Waals surface area contributed by atoms with Gasteiger partial charge in [-0.3, -0.25) is 4.79 Å². The van der Waals surface area contributed by atoms with Crippen molar-refractivity contribution >= 4 is 30.7 Å². The minimum Gasteiger partial charge on any atom is -0.444 e. The van der Waals surface area contributed by atoms with Crippen LogP contribution in [0.2, 0.25) is 5.04 Å². The number of fused-ring (bicyclic) bond motifs is 4. The van der Waals surface area contributed by atoms with Crippen molar-refractivity contribution in [2.75, 3.05) is 6.54 Å². The Balaban J connectivity index is 1.66. The SMILES string of the molecule is C[C@@H]1C[C@@H]2C[C@H](NC(=O)OC(C)(C)C)[C@@H]([C@@H]1O[Si](c1ccccc1)(c1ccccc1)C(C)(C)C)N(C(=O)c1ccc(F)cn1)C2. The average Bonchev–Trinajstić information content (AvgIpc) is 3.18. The van der Waals surface area contributed by atoms with Crippen LogP contribution in [0.3, 0.4) is 0 Å². The lowest BCUT2D eigenvalue weighted by Gasteiger charge is -2.50. The first-order valence-corrected chi connectivity index (χ1v) is 17.8. The maximum atomic E-state index is 14.2. The minimum atomic E-state index is -3.05. The summed E-state index contributed by atoms with van der Waals surface area (Å²) in [5.41, 5.74) is -0.517. The molecule has 1 saturated carbocycles. The summed E-state index contributed by atoms with van der Waals surface area (Å²) in [5.74, 6) is -0.611. The van der Waals surface area contributed by atoms with Gasteiger partial charge in [-0.15, -0.1) is 0 Å². The monoisotopic (exact) mass is 631 g/mol. The van der Waals surface area contributed by atoms with Crippen LogP contribution >= 0.6 is 0 Å². The zero-order valence-corrected chi connectivity index (χ0v) is 28.4. The Morgan fingerprint density at radius 2 is 1.51 bits per heavy atom. The number of benzene rings is 2. The number of alkyl carbamates (subject to hydrolysis) is 1. The molecule has 0 unspecified atom stereocenters. The summed E-state index contributed by atoms with van der Waals surface area (Å²) < 4.78 is 27.3. The summed E-state index contributed by atoms with van der Waals surface area (Å²) in [4.78, 5) is 33.4. The van der Waals surface area contributed by atoms with Gasteiger partial charge in [-0.25, -0.2) is 14.2 Å². The lowest BCUT2D eigenvalue weighted by Crippen LogP contribution is -2.71. The second-order valence-corrected chi connectivity index (χ2v) is 18.9. The van der Waals surface area contributed by atoms with E-state index in [1.807, 2.05) is 37.8 Å². The highest BCUT2D eigenvalue weighted by Gasteiger charge is 2.57. The Morgan fingerprint density at radius 1 is 0.911 bits per heavy atom. The van der Waals surface area contributed by atoms with Gasteiger partial charge in [-0.1, -0.05) is 88.4 Å². The van der Waals surface area contributed by atoms with Crippen LogP contribution in [0.25, 0.3) is 0 Å². The summed E-state index contributed by atoms with van der Waals surface area (Å²) in [6, 6.07) is 22.6. The van der Waals surface area contributed by atoms with Crippen LogP contribution in [0.1, 0.15) is 71.8 Å². The second kappa shape index (κ2) is 12.7. The molecule has 7 nitrogen and oxygen atoms in total. The molecule has 1 aliphatic carbocycles. The molecule has 3 aliphatic rings. The molecule has 2 saturated heterocycles. The third kappa shape index (κ3) is 6.84. The third-order valence-electron chi connectivity index (χ3n) is 9.06. The van der Waals surface area contributed by atoms with Crippen LogP contribution in [0.4, 0.5) is 9.18 Å². The highest BCUT2D eigenvalue weighted by molar-refractivity contribution is 6.99. The highest BCUT2D eigenvalue weighted by atomic mass is 28.4. The Hall–Kier alpha value is -3.56. The minimum absolute atomic E-state index is 0.0751. The predicted octanol–water partition coefficient (Wildman–Crippen LogP) is 5.93. The molecule has 2 bridgehead atoms. The molecule has 0 spiro atoms. The number of pyridine rings is 1. The molecule has 5 atom stereocenters. The Kier molecular flexibility index (Phi) is 9.24. The molecule has 0 radical (unpaired) electrons. The molecule has 1 N–H and O–H groups in total. The molecule has 240 valence electrons. The molecule has 6 rings (SSSR count). The van der Waals surface area contributed by atoms with Gasteiger partial charge < -0.3 is 19.4 Å². The molecule has 45 heavy (non-hydrogen) atoms. The van der Waals surface area contributed by atoms with Gasteiger partial charge in [0.25, 0.3) is 14.2 Å². The van der Waals surface area contributed by atoms with E-state index < -0.39 is 44.0 Å². The van der Waals surface area contributed by atoms with E-state index in [2.05, 4.69) is 86.5 Å². The van der Waals surface area contributed by atoms with E-state index in [0.717, 1.165) is 23.0 Å². The van der Waals surface area contributed by atoms with E-state index in [0.29, 0.717) is 13.0 Å². The number of hydrogen-bond donors (Lipinski definition) is 1. The van der Waals surface area contributed by atoms with Crippen molar-refractivity contribution < 1.29 is 23.1 Å². The number of nitrogens with zero attached hydrogens (tertiary/aromatic N) is 2. The molecule has 9 heteroatoms. The number of carbonyl (C=O) groups excluding carboxylic acids is 2. The van der Waals surface area contributed by atoms with Gasteiger partial charge in [0.1, 0.15) is 17.1 Å². The topological polar surface area (TPSA) is 80.8 Å². The van der Waals surface area contributed by atoms with Gasteiger partial charge in [0.2, 0.25) is 0 Å². The van der Waals surface area contributed by atoms with Crippen LogP contribution in [-0.4, -0.2) is 60.5 Å². The maximum Gasteiger partial charge on any atom is 0.407 e. The number of piperidine rings is 1. The van der Waals surface area contributed by atoms with Crippen molar-refractivity contribution in [3.8, 4) is 0 Å². The van der Waals surface area contributed by atoms with Crippen LogP contribution < -0.4 is 15.7 Å². The van der Waals surface area contributed by atoms with E-state index in [9.17, 15) is 14.0 Å². The van der Waals surface area contributed by atoms with Gasteiger partial charge in [0, 0.05) is 6.54 Å². The fraction of sp³-hybridized carbons (Fsp3) is 0.472. The van der Waals surface area contributed by atoms with Gasteiger partial charge in [-0.05, 0) is 73.0 Å². The molecule has 2 amide bonds. The lowest BCUT2D eigenvalue weighted by molar-refractivity contribution is 0.00282. The number of halogens is 1. The van der Waals surface area contributed by atoms with E-state index in [-0.39, 0.29) is 28.5 Å². The van der Waals surface area contributed by atoms with Gasteiger partial charge in [0.15, 0.2) is 0 Å². The Bertz CT molecular complexity index is 1430. The number of amides is 2. The number of rotatable bonds is 6. The van der Waals surface area contributed by atoms with E-state index in [4.69, 9.17) is 9.16 Å². The first kappa shape index (κ1) is 32.8. The predicted molar refractivity (Wildman–Crippen MR) is 177 cm³/mol. The van der Waals surface area contributed by atoms with E-state index in [1.165, 1.54) is 12.1 Å². The van der Waals surface area contributed by atoms with Crippen molar-refractivity contribution in [1.82, 2.24) is 15.2 Å². The standard InChI is InChI=1S/C36H46FN3O4Si/c1-24-20-25-21-30(39-34(42)43-35(2,3)4)31(40(23-25)33(41)29-19-18-26(37)22-38-29)32(24)44-45(36(5,6)7,27-14-10-8-11-15-27)28-16-12-9-13-17-28/h8-19,22,24-25,30-32H,20-21,23H2,1-7H3,(H,39,42)/t24-,25-,30+,31+,32-/m1/s1. The smallest absolute Gasteiger partial charge is 0.407 e. The highest BCUT2D eigenvalue weighted by Crippen LogP contribution is 2.44. The Morgan fingerprint density at radius 3 is 2.02 bits per heavy atom. The second-order valence-electron chi connectivity index (χ2n) is 14.6. The molecule has 2 aliphatic heterocycles. The lowest BCUT2D eigenvalue weighted by atomic mass is 9.89. The normalized spacial score (nSPS) is 23.7. The quantitative estimate of drug-likeness (QED) is 0.341. The van der Waals surface area contributed by atoms with Gasteiger partial charge in [0.05, 0.1) is 24.4 Å². The first-order valence-electron chi connectivity index (χ1n) is 15.9. The summed E-state index contributed by atoms with van der Waals surface area (Å²) in [6.45, 7) is 14.9. The number of ether oxygens (including phenoxy) is 1. The van der Waals surface area contributed by atoms with Crippen LogP contribution in [0.15, 0.2) is 79.0 Å². The number of nitrogens with one attached hydrogen (secondary N) is 1. The average molecular weight is 632 g/mol. The van der Waals surface area contributed by atoms with E-state index in [1.54, 1.807) is 0 Å². The molecule has 3 fully saturated rings. The summed E-state index contributed by atoms with van der Waals surface area (Å²) >= 11 is 0. The first-order chi connectivity index (χ1) is 21.2. The van der Waals surface area contributed by atoms with Crippen LogP contribution in [-0.2, 0) is 9.16 Å². The molecule has 2 aromatic carbocycles. The van der Waals surface area contributed by atoms with Crippen molar-refractivity contribution in [3.63, 3.8) is 0 Å². The van der Waals surface area contributed by atoms with Crippen molar-refractivity contribution in [2.24, 2.45) is 11.8 Å². The molecule has 3 heterocycles. The summed E-state index contributed by atoms with van der Waals surface area (Å²) in [6.07, 6.45) is 1.64. The molecule has 3 aromatic rings. The fourth-order valence-corrected chi connectivity index (χ4v) is 12.1. The number of aromatic nitrogens is 1. The largest absolute Gasteiger partial charge is 0.444 e. The zero-order chi connectivity index (χ0) is 32.6. The van der Waals surface area contributed by atoms with Gasteiger partial charge in [-0.2, -0.15) is 0 Å².